The second kappa shape index (κ2) is 10.1. The first kappa shape index (κ1) is 21.9. The van der Waals surface area contributed by atoms with E-state index in [1.54, 1.807) is 13.8 Å². The molecule has 7 heteroatoms. The van der Waals surface area contributed by atoms with Crippen molar-refractivity contribution >= 4 is 45.8 Å². The van der Waals surface area contributed by atoms with Gasteiger partial charge in [0.05, 0.1) is 0 Å². The van der Waals surface area contributed by atoms with Crippen LogP contribution in [0.25, 0.3) is 0 Å². The average Bonchev–Trinajstić information content (AvgIpc) is 2.68. The second-order valence-corrected chi connectivity index (χ2v) is 8.57. The predicted octanol–water partition coefficient (Wildman–Crippen LogP) is 4.04. The molecule has 1 heterocycles. The van der Waals surface area contributed by atoms with Gasteiger partial charge in [-0.1, -0.05) is 12.2 Å². The largest absolute Gasteiger partial charge is 0.396 e. The van der Waals surface area contributed by atoms with Crippen LogP contribution < -0.4 is 0 Å². The lowest BCUT2D eigenvalue weighted by Crippen LogP contribution is -2.42. The standard InChI is InChI=1S/C16H27Cl2IO4/c1-15(2)22-14(16(19,21)23-15)13(8-10-18)12(11-20)7-5-3-4-6-9-17/h3,5,12-14,20-21H,4,6-11H2,1-2H3/b5-3-. The third kappa shape index (κ3) is 6.96. The van der Waals surface area contributed by atoms with Gasteiger partial charge in [0.15, 0.2) is 5.79 Å². The van der Waals surface area contributed by atoms with Crippen molar-refractivity contribution < 1.29 is 19.7 Å². The van der Waals surface area contributed by atoms with E-state index in [1.807, 2.05) is 22.6 Å². The highest BCUT2D eigenvalue weighted by Gasteiger charge is 2.54. The molecule has 0 aromatic heterocycles. The minimum Gasteiger partial charge on any atom is -0.396 e. The molecule has 0 aromatic rings. The number of ether oxygens (including phenoxy) is 2. The first-order chi connectivity index (χ1) is 10.8. The van der Waals surface area contributed by atoms with Crippen molar-refractivity contribution in [1.29, 1.82) is 0 Å². The topological polar surface area (TPSA) is 58.9 Å². The summed E-state index contributed by atoms with van der Waals surface area (Å²) < 4.78 is 10.1. The minimum absolute atomic E-state index is 0.00834. The lowest BCUT2D eigenvalue weighted by Gasteiger charge is -2.33. The van der Waals surface area contributed by atoms with E-state index in [1.165, 1.54) is 0 Å². The quantitative estimate of drug-likeness (QED) is 0.214. The maximum absolute atomic E-state index is 10.6. The maximum atomic E-state index is 10.6. The molecule has 1 aliphatic heterocycles. The van der Waals surface area contributed by atoms with Gasteiger partial charge in [-0.3, -0.25) is 0 Å². The van der Waals surface area contributed by atoms with Crippen molar-refractivity contribution in [2.45, 2.75) is 55.2 Å². The van der Waals surface area contributed by atoms with E-state index in [9.17, 15) is 10.2 Å². The van der Waals surface area contributed by atoms with Crippen LogP contribution in [-0.4, -0.2) is 44.3 Å². The van der Waals surface area contributed by atoms with Crippen LogP contribution in [0.3, 0.4) is 0 Å². The number of hydrogen-bond donors (Lipinski definition) is 2. The summed E-state index contributed by atoms with van der Waals surface area (Å²) >= 11 is 13.5. The Balaban J connectivity index is 2.79. The Bertz CT molecular complexity index is 377. The molecule has 1 aliphatic rings. The molecule has 23 heavy (non-hydrogen) atoms. The summed E-state index contributed by atoms with van der Waals surface area (Å²) in [6.45, 7) is 3.55. The van der Waals surface area contributed by atoms with Crippen molar-refractivity contribution in [2.75, 3.05) is 18.4 Å². The monoisotopic (exact) mass is 480 g/mol. The summed E-state index contributed by atoms with van der Waals surface area (Å²) in [7, 11) is 0. The van der Waals surface area contributed by atoms with E-state index < -0.39 is 15.7 Å². The Kier molecular flexibility index (Phi) is 9.67. The Hall–Kier alpha value is 0.890. The fourth-order valence-electron chi connectivity index (χ4n) is 2.89. The highest BCUT2D eigenvalue weighted by atomic mass is 127. The number of alkyl halides is 3. The lowest BCUT2D eigenvalue weighted by atomic mass is 9.83. The molecular formula is C16H27Cl2IO4. The van der Waals surface area contributed by atoms with Crippen molar-refractivity contribution in [3.8, 4) is 0 Å². The first-order valence-corrected chi connectivity index (χ1v) is 10.1. The van der Waals surface area contributed by atoms with Crippen LogP contribution >= 0.6 is 45.8 Å². The van der Waals surface area contributed by atoms with Crippen molar-refractivity contribution in [3.05, 3.63) is 12.2 Å². The number of hydrogen-bond acceptors (Lipinski definition) is 4. The number of aliphatic hydroxyl groups excluding tert-OH is 1. The third-order valence-electron chi connectivity index (χ3n) is 3.93. The van der Waals surface area contributed by atoms with Crippen LogP contribution in [0.5, 0.6) is 0 Å². The molecule has 0 aliphatic carbocycles. The zero-order valence-electron chi connectivity index (χ0n) is 13.7. The molecule has 0 saturated carbocycles. The SMILES string of the molecule is CC1(C)OC(C(CCCl)C(CO)C/C=C\CCCCl)C(O)(I)O1. The van der Waals surface area contributed by atoms with Gasteiger partial charge in [-0.05, 0) is 74.0 Å². The predicted molar refractivity (Wildman–Crippen MR) is 102 cm³/mol. The number of rotatable bonds is 10. The minimum atomic E-state index is -1.42. The molecule has 1 saturated heterocycles. The Morgan fingerprint density at radius 3 is 2.43 bits per heavy atom. The summed E-state index contributed by atoms with van der Waals surface area (Å²) in [5, 5.41) is 20.4. The van der Waals surface area contributed by atoms with Gasteiger partial charge in [0.1, 0.15) is 6.10 Å². The van der Waals surface area contributed by atoms with Gasteiger partial charge in [0.25, 0.3) is 0 Å². The van der Waals surface area contributed by atoms with E-state index in [0.29, 0.717) is 24.6 Å². The van der Waals surface area contributed by atoms with Crippen LogP contribution in [0.15, 0.2) is 12.2 Å². The maximum Gasteiger partial charge on any atom is 0.248 e. The van der Waals surface area contributed by atoms with Crippen LogP contribution in [0.1, 0.15) is 39.5 Å². The zero-order valence-corrected chi connectivity index (χ0v) is 17.4. The average molecular weight is 481 g/mol. The summed E-state index contributed by atoms with van der Waals surface area (Å²) in [4.78, 5) is 0. The summed E-state index contributed by atoms with van der Waals surface area (Å²) in [6, 6.07) is 0. The van der Waals surface area contributed by atoms with Gasteiger partial charge in [-0.2, -0.15) is 0 Å². The Labute approximate surface area is 162 Å². The summed E-state index contributed by atoms with van der Waals surface area (Å²) in [6.07, 6.45) is 6.80. The zero-order chi connectivity index (χ0) is 17.5. The molecule has 0 amide bonds. The van der Waals surface area contributed by atoms with E-state index >= 15 is 0 Å². The molecule has 4 atom stereocenters. The lowest BCUT2D eigenvalue weighted by molar-refractivity contribution is -0.181. The van der Waals surface area contributed by atoms with Crippen LogP contribution in [0, 0.1) is 11.8 Å². The highest BCUT2D eigenvalue weighted by molar-refractivity contribution is 14.1. The molecule has 4 unspecified atom stereocenters. The fourth-order valence-corrected chi connectivity index (χ4v) is 4.41. The molecule has 0 radical (unpaired) electrons. The number of halogens is 3. The van der Waals surface area contributed by atoms with E-state index in [-0.39, 0.29) is 18.4 Å². The molecule has 136 valence electrons. The van der Waals surface area contributed by atoms with Crippen molar-refractivity contribution in [3.63, 3.8) is 0 Å². The molecule has 0 bridgehead atoms. The first-order valence-electron chi connectivity index (χ1n) is 7.94. The second-order valence-electron chi connectivity index (χ2n) is 6.27. The number of aliphatic hydroxyl groups is 2. The highest BCUT2D eigenvalue weighted by Crippen LogP contribution is 2.45. The van der Waals surface area contributed by atoms with Gasteiger partial charge in [0.2, 0.25) is 3.79 Å². The molecule has 0 aromatic carbocycles. The molecule has 1 fully saturated rings. The Morgan fingerprint density at radius 1 is 1.26 bits per heavy atom. The van der Waals surface area contributed by atoms with Gasteiger partial charge in [0, 0.05) is 18.4 Å². The third-order valence-corrected chi connectivity index (χ3v) is 5.25. The normalized spacial score (nSPS) is 30.0. The number of unbranched alkanes of at least 4 members (excludes halogenated alkanes) is 1. The van der Waals surface area contributed by atoms with Crippen LogP contribution in [-0.2, 0) is 9.47 Å². The Morgan fingerprint density at radius 2 is 1.96 bits per heavy atom. The molecule has 0 spiro atoms. The summed E-state index contributed by atoms with van der Waals surface area (Å²) in [5.74, 6) is 0.0712. The van der Waals surface area contributed by atoms with E-state index in [0.717, 1.165) is 12.8 Å². The molecule has 1 rings (SSSR count). The van der Waals surface area contributed by atoms with E-state index in [4.69, 9.17) is 32.7 Å². The van der Waals surface area contributed by atoms with Gasteiger partial charge in [-0.15, -0.1) is 23.2 Å². The van der Waals surface area contributed by atoms with Gasteiger partial charge < -0.3 is 19.7 Å². The van der Waals surface area contributed by atoms with Gasteiger partial charge in [-0.25, -0.2) is 0 Å². The molecular weight excluding hydrogens is 454 g/mol. The van der Waals surface area contributed by atoms with E-state index in [2.05, 4.69) is 12.2 Å². The number of allylic oxidation sites excluding steroid dienone is 2. The summed E-state index contributed by atoms with van der Waals surface area (Å²) in [5.41, 5.74) is 0. The molecule has 4 nitrogen and oxygen atoms in total. The smallest absolute Gasteiger partial charge is 0.248 e. The fraction of sp³-hybridized carbons (Fsp3) is 0.875. The van der Waals surface area contributed by atoms with Crippen molar-refractivity contribution in [1.82, 2.24) is 0 Å². The van der Waals surface area contributed by atoms with Crippen molar-refractivity contribution in [2.24, 2.45) is 11.8 Å². The van der Waals surface area contributed by atoms with Gasteiger partial charge >= 0.3 is 0 Å². The van der Waals surface area contributed by atoms with Crippen LogP contribution in [0.4, 0.5) is 0 Å². The van der Waals surface area contributed by atoms with Crippen LogP contribution in [0.2, 0.25) is 0 Å². The molecule has 2 N–H and O–H groups in total.